The Bertz CT molecular complexity index is 1960. The average molecular weight is 843 g/mol. The molecule has 3 fully saturated rings. The van der Waals surface area contributed by atoms with Gasteiger partial charge in [0.1, 0.15) is 40.8 Å². The number of alkyl carbamates (subject to hydrolysis) is 1. The molecule has 5 atom stereocenters. The molecule has 0 unspecified atom stereocenters. The molecule has 0 bridgehead atoms. The monoisotopic (exact) mass is 842 g/mol. The molecule has 15 nitrogen and oxygen atoms in total. The predicted octanol–water partition coefficient (Wildman–Crippen LogP) is 5.33. The normalized spacial score (nSPS) is 22.3. The minimum Gasteiger partial charge on any atom is -0.497 e. The van der Waals surface area contributed by atoms with Crippen molar-refractivity contribution in [1.29, 1.82) is 0 Å². The molecule has 16 heteroatoms. The molecule has 0 radical (unpaired) electrons. The topological polar surface area (TPSA) is 186 Å². The number of nitrogens with zero attached hydrogens (tertiary/aromatic N) is 3. The van der Waals surface area contributed by atoms with Crippen LogP contribution in [0.15, 0.2) is 43.1 Å². The number of aromatic nitrogens is 1. The molecule has 2 saturated carbocycles. The summed E-state index contributed by atoms with van der Waals surface area (Å²) in [5, 5.41) is 5.53. The van der Waals surface area contributed by atoms with Gasteiger partial charge < -0.3 is 29.7 Å². The minimum atomic E-state index is -3.89. The summed E-state index contributed by atoms with van der Waals surface area (Å²) in [6, 6.07) is 6.16. The second kappa shape index (κ2) is 18.4. The predicted molar refractivity (Wildman–Crippen MR) is 227 cm³/mol. The summed E-state index contributed by atoms with van der Waals surface area (Å²) in [7, 11) is -2.34. The molecule has 3 N–H and O–H groups in total. The first kappa shape index (κ1) is 47.2. The Balaban J connectivity index is 0.000000764. The molecular weight excluding hydrogens is 777 g/mol. The van der Waals surface area contributed by atoms with Gasteiger partial charge in [-0.05, 0) is 97.9 Å². The molecule has 1 aromatic heterocycles. The van der Waals surface area contributed by atoms with Gasteiger partial charge in [-0.15, -0.1) is 6.58 Å². The number of hydrogen-bond donors (Lipinski definition) is 3. The van der Waals surface area contributed by atoms with Crippen LogP contribution in [0, 0.1) is 11.3 Å². The molecule has 1 aromatic carbocycles. The van der Waals surface area contributed by atoms with E-state index in [-0.39, 0.29) is 19.4 Å². The summed E-state index contributed by atoms with van der Waals surface area (Å²) < 4.78 is 44.7. The quantitative estimate of drug-likeness (QED) is 0.209. The summed E-state index contributed by atoms with van der Waals surface area (Å²) in [6.45, 7) is 26.5. The van der Waals surface area contributed by atoms with E-state index in [0.29, 0.717) is 47.3 Å². The Labute approximate surface area is 350 Å². The van der Waals surface area contributed by atoms with Crippen molar-refractivity contribution in [3.8, 4) is 11.5 Å². The van der Waals surface area contributed by atoms with Gasteiger partial charge in [-0.1, -0.05) is 33.8 Å². The number of sulfonamides is 1. The standard InChI is InChI=1S/C35H47N5O9S.C8H19N/c1-9-20-18-35(20,31(43)39-50(45,46)23-11-12-23)38-29(41)26-17-22(48-27-14-15-36-25-16-21(47-8)10-13-24(25)27)19-40(26)30(42)28(33(2,3)4)37-32(44)49-34(5,6)7;1-6-9(7(2)3)8(4)5/h9-10,13-16,20,22-23,26,28H,1,11-12,17-19H2,2-8H3,(H,37,44)(H,38,41)(H,39,43);7-8H,6H2,1-5H3/t20-,22-,26+,28-,35-;/m1./s1. The molecule has 2 heterocycles. The number of rotatable bonds is 14. The fourth-order valence-electron chi connectivity index (χ4n) is 7.47. The number of fused-ring (bicyclic) bond motifs is 1. The van der Waals surface area contributed by atoms with Crippen LogP contribution in [0.1, 0.15) is 102 Å². The molecule has 3 aliphatic rings. The Morgan fingerprint density at radius 2 is 1.69 bits per heavy atom. The van der Waals surface area contributed by atoms with Crippen molar-refractivity contribution in [2.45, 2.75) is 149 Å². The van der Waals surface area contributed by atoms with Crippen molar-refractivity contribution in [3.05, 3.63) is 43.1 Å². The van der Waals surface area contributed by atoms with Crippen LogP contribution in [0.3, 0.4) is 0 Å². The maximum absolute atomic E-state index is 14.4. The maximum atomic E-state index is 14.4. The number of hydrogen-bond acceptors (Lipinski definition) is 11. The van der Waals surface area contributed by atoms with Gasteiger partial charge in [0.25, 0.3) is 5.91 Å². The van der Waals surface area contributed by atoms with E-state index in [2.05, 4.69) is 66.4 Å². The van der Waals surface area contributed by atoms with Crippen LogP contribution in [-0.4, -0.2) is 114 Å². The molecule has 2 aromatic rings. The van der Waals surface area contributed by atoms with Crippen molar-refractivity contribution >= 4 is 44.7 Å². The first-order valence-electron chi connectivity index (χ1n) is 20.5. The summed E-state index contributed by atoms with van der Waals surface area (Å²) in [6.07, 6.45) is 2.71. The van der Waals surface area contributed by atoms with E-state index in [0.717, 1.165) is 6.54 Å². The number of carbonyl (C=O) groups excluding carboxylic acids is 4. The number of ether oxygens (including phenoxy) is 3. The van der Waals surface area contributed by atoms with Crippen LogP contribution < -0.4 is 24.8 Å². The first-order valence-corrected chi connectivity index (χ1v) is 22.1. The van der Waals surface area contributed by atoms with E-state index in [4.69, 9.17) is 14.2 Å². The lowest BCUT2D eigenvalue weighted by Crippen LogP contribution is -2.60. The van der Waals surface area contributed by atoms with Crippen LogP contribution in [0.5, 0.6) is 11.5 Å². The number of benzene rings is 1. The lowest BCUT2D eigenvalue weighted by atomic mass is 9.85. The lowest BCUT2D eigenvalue weighted by Gasteiger charge is -2.36. The number of methoxy groups -OCH3 is 1. The van der Waals surface area contributed by atoms with Gasteiger partial charge >= 0.3 is 6.09 Å². The number of likely N-dealkylation sites (tertiary alicyclic amines) is 1. The molecule has 59 heavy (non-hydrogen) atoms. The van der Waals surface area contributed by atoms with Gasteiger partial charge in [-0.25, -0.2) is 13.2 Å². The highest BCUT2D eigenvalue weighted by Crippen LogP contribution is 2.45. The smallest absolute Gasteiger partial charge is 0.408 e. The zero-order valence-corrected chi connectivity index (χ0v) is 37.7. The third-order valence-corrected chi connectivity index (χ3v) is 12.6. The van der Waals surface area contributed by atoms with Crippen molar-refractivity contribution < 1.29 is 41.8 Å². The van der Waals surface area contributed by atoms with Crippen molar-refractivity contribution in [3.63, 3.8) is 0 Å². The molecule has 4 amide bonds. The van der Waals surface area contributed by atoms with E-state index < -0.39 is 79.7 Å². The van der Waals surface area contributed by atoms with Gasteiger partial charge in [0.05, 0.1) is 24.4 Å². The fourth-order valence-corrected chi connectivity index (χ4v) is 8.84. The molecule has 1 aliphatic heterocycles. The van der Waals surface area contributed by atoms with E-state index >= 15 is 0 Å². The average Bonchev–Trinajstić information content (AvgIpc) is 4.06. The second-order valence-electron chi connectivity index (χ2n) is 18.3. The summed E-state index contributed by atoms with van der Waals surface area (Å²) >= 11 is 0. The third kappa shape index (κ3) is 11.9. The molecule has 2 aliphatic carbocycles. The van der Waals surface area contributed by atoms with Gasteiger partial charge in [-0.3, -0.25) is 29.0 Å². The highest BCUT2D eigenvalue weighted by molar-refractivity contribution is 7.91. The van der Waals surface area contributed by atoms with E-state index in [1.54, 1.807) is 79.1 Å². The van der Waals surface area contributed by atoms with E-state index in [9.17, 15) is 27.6 Å². The third-order valence-electron chi connectivity index (χ3n) is 10.8. The first-order chi connectivity index (χ1) is 27.4. The van der Waals surface area contributed by atoms with Gasteiger partial charge in [0.2, 0.25) is 21.8 Å². The van der Waals surface area contributed by atoms with Crippen molar-refractivity contribution in [2.24, 2.45) is 11.3 Å². The Kier molecular flexibility index (Phi) is 14.8. The number of pyridine rings is 1. The van der Waals surface area contributed by atoms with Gasteiger partial charge in [-0.2, -0.15) is 0 Å². The lowest BCUT2D eigenvalue weighted by molar-refractivity contribution is -0.143. The Morgan fingerprint density at radius 3 is 2.19 bits per heavy atom. The Hall–Kier alpha value is -4.44. The number of amides is 4. The molecular formula is C43H66N6O9S. The SMILES string of the molecule is C=C[C@@H]1C[C@]1(NC(=O)[C@@H]1C[C@@H](Oc2ccnc3cc(OC)ccc23)CN1C(=O)[C@@H](NC(=O)OC(C)(C)C)C(C)(C)C)C(=O)NS(=O)(=O)C1CC1.CCN(C(C)C)C(C)C. The zero-order chi connectivity index (χ0) is 44.2. The van der Waals surface area contributed by atoms with Gasteiger partial charge in [0, 0.05) is 42.1 Å². The maximum Gasteiger partial charge on any atom is 0.408 e. The largest absolute Gasteiger partial charge is 0.497 e. The number of carbonyl (C=O) groups is 4. The molecule has 1 saturated heterocycles. The highest BCUT2D eigenvalue weighted by Gasteiger charge is 2.62. The molecule has 328 valence electrons. The summed E-state index contributed by atoms with van der Waals surface area (Å²) in [5.74, 6) is -1.49. The molecule has 0 spiro atoms. The number of nitrogens with one attached hydrogen (secondary N) is 3. The van der Waals surface area contributed by atoms with Crippen LogP contribution in [-0.2, 0) is 29.1 Å². The highest BCUT2D eigenvalue weighted by atomic mass is 32.2. The van der Waals surface area contributed by atoms with Crippen LogP contribution >= 0.6 is 0 Å². The fraction of sp³-hybridized carbons (Fsp3) is 0.651. The zero-order valence-electron chi connectivity index (χ0n) is 36.9. The summed E-state index contributed by atoms with van der Waals surface area (Å²) in [5.41, 5.74) is -2.56. The van der Waals surface area contributed by atoms with Crippen LogP contribution in [0.4, 0.5) is 4.79 Å². The van der Waals surface area contributed by atoms with Crippen LogP contribution in [0.2, 0.25) is 0 Å². The summed E-state index contributed by atoms with van der Waals surface area (Å²) in [4.78, 5) is 63.2. The van der Waals surface area contributed by atoms with Crippen molar-refractivity contribution in [2.75, 3.05) is 20.2 Å². The van der Waals surface area contributed by atoms with Gasteiger partial charge in [0.15, 0.2) is 0 Å². The molecule has 5 rings (SSSR count). The minimum absolute atomic E-state index is 0.0282. The Morgan fingerprint density at radius 1 is 1.05 bits per heavy atom. The van der Waals surface area contributed by atoms with Crippen molar-refractivity contribution in [1.82, 2.24) is 30.1 Å². The van der Waals surface area contributed by atoms with Crippen LogP contribution in [0.25, 0.3) is 10.9 Å². The van der Waals surface area contributed by atoms with E-state index in [1.807, 2.05) is 0 Å². The second-order valence-corrected chi connectivity index (χ2v) is 20.3. The van der Waals surface area contributed by atoms with E-state index in [1.165, 1.54) is 11.0 Å².